The fourth-order valence-electron chi connectivity index (χ4n) is 2.29. The maximum atomic E-state index is 6.06. The van der Waals surface area contributed by atoms with Crippen LogP contribution in [0.15, 0.2) is 24.3 Å². The second-order valence-corrected chi connectivity index (χ2v) is 3.97. The third-order valence-electron chi connectivity index (χ3n) is 3.03. The number of rotatable bonds is 2. The molecule has 0 bridgehead atoms. The molecular formula is C12H17NO. The predicted molar refractivity (Wildman–Crippen MR) is 57.2 cm³/mol. The highest BCUT2D eigenvalue weighted by Gasteiger charge is 2.24. The lowest BCUT2D eigenvalue weighted by atomic mass is 9.81. The van der Waals surface area contributed by atoms with Crippen molar-refractivity contribution in [2.45, 2.75) is 24.8 Å². The molecule has 2 heteroatoms. The van der Waals surface area contributed by atoms with Gasteiger partial charge >= 0.3 is 0 Å². The van der Waals surface area contributed by atoms with Crippen LogP contribution in [0.2, 0.25) is 0 Å². The van der Waals surface area contributed by atoms with Crippen LogP contribution in [-0.4, -0.2) is 13.7 Å². The Balaban J connectivity index is 2.31. The Morgan fingerprint density at radius 3 is 2.71 bits per heavy atom. The van der Waals surface area contributed by atoms with Crippen molar-refractivity contribution < 1.29 is 4.74 Å². The standard InChI is InChI=1S/C12H17NO/c1-14-8-9-6-7-12(13)11-5-3-2-4-10(9)11/h2-5,9,12H,6-8,13H2,1H3/t9?,12-/m0/s1. The maximum absolute atomic E-state index is 6.06. The highest BCUT2D eigenvalue weighted by molar-refractivity contribution is 5.35. The van der Waals surface area contributed by atoms with Gasteiger partial charge in [0.1, 0.15) is 0 Å². The molecule has 0 fully saturated rings. The Bertz CT molecular complexity index is 311. The fourth-order valence-corrected chi connectivity index (χ4v) is 2.29. The molecule has 0 saturated carbocycles. The summed E-state index contributed by atoms with van der Waals surface area (Å²) in [5.74, 6) is 0.538. The van der Waals surface area contributed by atoms with Gasteiger partial charge in [-0.2, -0.15) is 0 Å². The molecule has 0 amide bonds. The molecule has 2 N–H and O–H groups in total. The van der Waals surface area contributed by atoms with E-state index >= 15 is 0 Å². The number of ether oxygens (including phenoxy) is 1. The van der Waals surface area contributed by atoms with Gasteiger partial charge in [0.05, 0.1) is 6.61 Å². The first-order chi connectivity index (χ1) is 6.83. The summed E-state index contributed by atoms with van der Waals surface area (Å²) in [5, 5.41) is 0. The van der Waals surface area contributed by atoms with Crippen LogP contribution in [0.4, 0.5) is 0 Å². The number of hydrogen-bond acceptors (Lipinski definition) is 2. The minimum atomic E-state index is 0.222. The summed E-state index contributed by atoms with van der Waals surface area (Å²) in [6.45, 7) is 0.809. The van der Waals surface area contributed by atoms with E-state index in [1.165, 1.54) is 11.1 Å². The van der Waals surface area contributed by atoms with Gasteiger partial charge in [-0.3, -0.25) is 0 Å². The van der Waals surface area contributed by atoms with Crippen molar-refractivity contribution in [2.75, 3.05) is 13.7 Å². The smallest absolute Gasteiger partial charge is 0.0531 e. The number of hydrogen-bond donors (Lipinski definition) is 1. The molecule has 1 unspecified atom stereocenters. The molecule has 2 nitrogen and oxygen atoms in total. The van der Waals surface area contributed by atoms with Gasteiger partial charge in [-0.1, -0.05) is 24.3 Å². The third-order valence-corrected chi connectivity index (χ3v) is 3.03. The van der Waals surface area contributed by atoms with Crippen LogP contribution in [0.5, 0.6) is 0 Å². The van der Waals surface area contributed by atoms with Crippen molar-refractivity contribution in [2.24, 2.45) is 5.73 Å². The van der Waals surface area contributed by atoms with Crippen LogP contribution in [0.25, 0.3) is 0 Å². The van der Waals surface area contributed by atoms with E-state index in [0.717, 1.165) is 19.4 Å². The van der Waals surface area contributed by atoms with Crippen LogP contribution < -0.4 is 5.73 Å². The minimum absolute atomic E-state index is 0.222. The molecule has 14 heavy (non-hydrogen) atoms. The van der Waals surface area contributed by atoms with Crippen LogP contribution >= 0.6 is 0 Å². The second-order valence-electron chi connectivity index (χ2n) is 3.97. The van der Waals surface area contributed by atoms with Gasteiger partial charge in [-0.05, 0) is 24.0 Å². The molecule has 0 aromatic heterocycles. The summed E-state index contributed by atoms with van der Waals surface area (Å²) in [6, 6.07) is 8.69. The Hall–Kier alpha value is -0.860. The molecule has 0 saturated heterocycles. The van der Waals surface area contributed by atoms with E-state index in [-0.39, 0.29) is 6.04 Å². The molecule has 2 atom stereocenters. The van der Waals surface area contributed by atoms with Crippen molar-refractivity contribution >= 4 is 0 Å². The second kappa shape index (κ2) is 4.11. The Morgan fingerprint density at radius 2 is 2.00 bits per heavy atom. The first-order valence-corrected chi connectivity index (χ1v) is 5.16. The predicted octanol–water partition coefficient (Wildman–Crippen LogP) is 2.21. The van der Waals surface area contributed by atoms with E-state index in [4.69, 9.17) is 10.5 Å². The highest BCUT2D eigenvalue weighted by Crippen LogP contribution is 2.35. The monoisotopic (exact) mass is 191 g/mol. The molecule has 0 heterocycles. The van der Waals surface area contributed by atoms with E-state index in [0.29, 0.717) is 5.92 Å². The average Bonchev–Trinajstić information content (AvgIpc) is 2.23. The molecule has 0 aliphatic heterocycles. The molecule has 0 radical (unpaired) electrons. The van der Waals surface area contributed by atoms with E-state index in [1.807, 2.05) is 0 Å². The molecule has 2 rings (SSSR count). The summed E-state index contributed by atoms with van der Waals surface area (Å²) in [6.07, 6.45) is 2.22. The van der Waals surface area contributed by atoms with Crippen molar-refractivity contribution in [3.8, 4) is 0 Å². The van der Waals surface area contributed by atoms with Crippen molar-refractivity contribution in [1.29, 1.82) is 0 Å². The van der Waals surface area contributed by atoms with Gasteiger partial charge in [0, 0.05) is 19.1 Å². The van der Waals surface area contributed by atoms with Crippen LogP contribution in [0.3, 0.4) is 0 Å². The zero-order chi connectivity index (χ0) is 9.97. The number of benzene rings is 1. The molecule has 1 aromatic carbocycles. The summed E-state index contributed by atoms with van der Waals surface area (Å²) in [7, 11) is 1.76. The number of fused-ring (bicyclic) bond motifs is 1. The highest BCUT2D eigenvalue weighted by atomic mass is 16.5. The Morgan fingerprint density at radius 1 is 1.29 bits per heavy atom. The lowest BCUT2D eigenvalue weighted by Crippen LogP contribution is -2.22. The van der Waals surface area contributed by atoms with Crippen molar-refractivity contribution in [3.63, 3.8) is 0 Å². The van der Waals surface area contributed by atoms with Crippen molar-refractivity contribution in [1.82, 2.24) is 0 Å². The van der Waals surface area contributed by atoms with E-state index < -0.39 is 0 Å². The summed E-state index contributed by atoms with van der Waals surface area (Å²) >= 11 is 0. The maximum Gasteiger partial charge on any atom is 0.0531 e. The van der Waals surface area contributed by atoms with Crippen LogP contribution in [-0.2, 0) is 4.74 Å². The summed E-state index contributed by atoms with van der Waals surface area (Å²) in [5.41, 5.74) is 8.75. The Kier molecular flexibility index (Phi) is 2.85. The zero-order valence-corrected chi connectivity index (χ0v) is 8.57. The van der Waals surface area contributed by atoms with Crippen molar-refractivity contribution in [3.05, 3.63) is 35.4 Å². The largest absolute Gasteiger partial charge is 0.384 e. The topological polar surface area (TPSA) is 35.2 Å². The summed E-state index contributed by atoms with van der Waals surface area (Å²) < 4.78 is 5.23. The molecular weight excluding hydrogens is 174 g/mol. The van der Waals surface area contributed by atoms with Gasteiger partial charge in [0.2, 0.25) is 0 Å². The Labute approximate surface area is 85.1 Å². The minimum Gasteiger partial charge on any atom is -0.384 e. The summed E-state index contributed by atoms with van der Waals surface area (Å²) in [4.78, 5) is 0. The molecule has 1 aromatic rings. The third kappa shape index (κ3) is 1.68. The lowest BCUT2D eigenvalue weighted by Gasteiger charge is -2.29. The van der Waals surface area contributed by atoms with Gasteiger partial charge in [-0.15, -0.1) is 0 Å². The van der Waals surface area contributed by atoms with Gasteiger partial charge in [0.15, 0.2) is 0 Å². The van der Waals surface area contributed by atoms with Gasteiger partial charge in [0.25, 0.3) is 0 Å². The lowest BCUT2D eigenvalue weighted by molar-refractivity contribution is 0.170. The zero-order valence-electron chi connectivity index (χ0n) is 8.57. The molecule has 0 spiro atoms. The van der Waals surface area contributed by atoms with Crippen LogP contribution in [0.1, 0.15) is 35.9 Å². The molecule has 1 aliphatic rings. The van der Waals surface area contributed by atoms with Gasteiger partial charge < -0.3 is 10.5 Å². The molecule has 76 valence electrons. The van der Waals surface area contributed by atoms with E-state index in [1.54, 1.807) is 7.11 Å². The number of nitrogens with two attached hydrogens (primary N) is 1. The first-order valence-electron chi connectivity index (χ1n) is 5.16. The van der Waals surface area contributed by atoms with E-state index in [2.05, 4.69) is 24.3 Å². The van der Waals surface area contributed by atoms with E-state index in [9.17, 15) is 0 Å². The first kappa shape index (κ1) is 9.69. The normalized spacial score (nSPS) is 25.9. The van der Waals surface area contributed by atoms with Crippen LogP contribution in [0, 0.1) is 0 Å². The fraction of sp³-hybridized carbons (Fsp3) is 0.500. The SMILES string of the molecule is COCC1CC[C@H](N)c2ccccc21. The number of methoxy groups -OCH3 is 1. The average molecular weight is 191 g/mol. The van der Waals surface area contributed by atoms with Gasteiger partial charge in [-0.25, -0.2) is 0 Å². The molecule has 1 aliphatic carbocycles. The quantitative estimate of drug-likeness (QED) is 0.777.